The van der Waals surface area contributed by atoms with E-state index in [0.29, 0.717) is 5.92 Å². The molecule has 4 heteroatoms. The number of piperidine rings is 1. The summed E-state index contributed by atoms with van der Waals surface area (Å²) in [5.41, 5.74) is 0. The van der Waals surface area contributed by atoms with Gasteiger partial charge >= 0.3 is 0 Å². The molecule has 1 heterocycles. The summed E-state index contributed by atoms with van der Waals surface area (Å²) in [5, 5.41) is 0. The van der Waals surface area contributed by atoms with Crippen molar-refractivity contribution in [2.24, 2.45) is 22.2 Å². The van der Waals surface area contributed by atoms with Gasteiger partial charge in [0.1, 0.15) is 16.1 Å². The molecule has 3 unspecified atom stereocenters. The summed E-state index contributed by atoms with van der Waals surface area (Å²) < 4.78 is 15.7. The molecule has 1 aliphatic carbocycles. The topological polar surface area (TPSA) is 38.7 Å². The summed E-state index contributed by atoms with van der Waals surface area (Å²) in [6.07, 6.45) is 1.95. The maximum Gasteiger partial charge on any atom is 0.144 e. The summed E-state index contributed by atoms with van der Waals surface area (Å²) in [6, 6.07) is 0. The Labute approximate surface area is 95.3 Å². The predicted octanol–water partition coefficient (Wildman–Crippen LogP) is 1.33. The second-order valence-corrected chi connectivity index (χ2v) is 7.68. The fourth-order valence-electron chi connectivity index (χ4n) is 2.29. The van der Waals surface area contributed by atoms with Crippen molar-refractivity contribution in [2.45, 2.75) is 25.5 Å². The van der Waals surface area contributed by atoms with Gasteiger partial charge in [-0.3, -0.25) is 0 Å². The van der Waals surface area contributed by atoms with Crippen molar-refractivity contribution in [3.63, 3.8) is 0 Å². The summed E-state index contributed by atoms with van der Waals surface area (Å²) >= 11 is -1.08. The summed E-state index contributed by atoms with van der Waals surface area (Å²) in [5.74, 6) is 2.18. The highest BCUT2D eigenvalue weighted by atomic mass is 32.2. The second kappa shape index (κ2) is 3.75. The van der Waals surface area contributed by atoms with Gasteiger partial charge in [-0.2, -0.15) is 0 Å². The second-order valence-electron chi connectivity index (χ2n) is 5.74. The number of rotatable bonds is 2. The van der Waals surface area contributed by atoms with Crippen LogP contribution < -0.4 is 0 Å². The van der Waals surface area contributed by atoms with Crippen LogP contribution in [0.1, 0.15) is 20.8 Å². The first-order chi connectivity index (χ1) is 6.89. The molecule has 0 aromatic rings. The third kappa shape index (κ3) is 2.37. The largest absolute Gasteiger partial charge is 0.591 e. The zero-order chi connectivity index (χ0) is 11.2. The fourth-order valence-corrected chi connectivity index (χ4v) is 2.86. The normalized spacial score (nSPS) is 38.3. The molecule has 0 bridgehead atoms. The van der Waals surface area contributed by atoms with E-state index < -0.39 is 11.4 Å². The van der Waals surface area contributed by atoms with Gasteiger partial charge in [-0.15, -0.1) is 0 Å². The first kappa shape index (κ1) is 11.4. The molecule has 86 valence electrons. The molecule has 15 heavy (non-hydrogen) atoms. The van der Waals surface area contributed by atoms with Crippen LogP contribution in [0.25, 0.3) is 0 Å². The monoisotopic (exact) mass is 228 g/mol. The molecular formula is C11H20N2OS. The van der Waals surface area contributed by atoms with Crippen LogP contribution in [0.4, 0.5) is 0 Å². The van der Waals surface area contributed by atoms with Crippen LogP contribution in [0, 0.1) is 17.8 Å². The average molecular weight is 228 g/mol. The van der Waals surface area contributed by atoms with Crippen LogP contribution >= 0.6 is 0 Å². The molecule has 1 saturated heterocycles. The molecule has 3 nitrogen and oxygen atoms in total. The average Bonchev–Trinajstić information content (AvgIpc) is 2.54. The van der Waals surface area contributed by atoms with Crippen molar-refractivity contribution < 1.29 is 4.55 Å². The fraction of sp³-hybridized carbons (Fsp3) is 0.909. The van der Waals surface area contributed by atoms with Crippen LogP contribution in [0.2, 0.25) is 0 Å². The Balaban J connectivity index is 1.83. The van der Waals surface area contributed by atoms with Crippen LogP contribution in [0.15, 0.2) is 4.40 Å². The molecule has 1 saturated carbocycles. The molecular weight excluding hydrogens is 208 g/mol. The molecule has 0 N–H and O–H groups in total. The zero-order valence-corrected chi connectivity index (χ0v) is 10.8. The Morgan fingerprint density at radius 2 is 1.87 bits per heavy atom. The van der Waals surface area contributed by atoms with Crippen molar-refractivity contribution in [1.29, 1.82) is 0 Å². The van der Waals surface area contributed by atoms with Gasteiger partial charge in [0.15, 0.2) is 0 Å². The van der Waals surface area contributed by atoms with Gasteiger partial charge in [-0.1, -0.05) is 4.40 Å². The van der Waals surface area contributed by atoms with Gasteiger partial charge in [0.2, 0.25) is 0 Å². The van der Waals surface area contributed by atoms with Crippen molar-refractivity contribution in [3.05, 3.63) is 0 Å². The molecule has 2 aliphatic rings. The Bertz CT molecular complexity index is 262. The number of fused-ring (bicyclic) bond motifs is 1. The lowest BCUT2D eigenvalue weighted by molar-refractivity contribution is 0.362. The van der Waals surface area contributed by atoms with Gasteiger partial charge in [0.05, 0.1) is 6.21 Å². The van der Waals surface area contributed by atoms with Crippen LogP contribution in [0.5, 0.6) is 0 Å². The summed E-state index contributed by atoms with van der Waals surface area (Å²) in [7, 11) is 2.16. The molecule has 0 aromatic heterocycles. The highest BCUT2D eigenvalue weighted by molar-refractivity contribution is 7.91. The minimum absolute atomic E-state index is 0.225. The van der Waals surface area contributed by atoms with Gasteiger partial charge < -0.3 is 9.45 Å². The highest BCUT2D eigenvalue weighted by Gasteiger charge is 2.54. The van der Waals surface area contributed by atoms with E-state index in [-0.39, 0.29) is 4.75 Å². The van der Waals surface area contributed by atoms with Gasteiger partial charge in [-0.05, 0) is 39.7 Å². The van der Waals surface area contributed by atoms with E-state index >= 15 is 0 Å². The molecule has 0 radical (unpaired) electrons. The number of hydrogen-bond donors (Lipinski definition) is 0. The van der Waals surface area contributed by atoms with Crippen LogP contribution in [-0.4, -0.2) is 40.6 Å². The summed E-state index contributed by atoms with van der Waals surface area (Å²) in [6.45, 7) is 8.25. The Morgan fingerprint density at radius 3 is 2.33 bits per heavy atom. The number of hydrogen-bond acceptors (Lipinski definition) is 3. The summed E-state index contributed by atoms with van der Waals surface area (Å²) in [4.78, 5) is 2.36. The first-order valence-electron chi connectivity index (χ1n) is 5.54. The molecule has 2 fully saturated rings. The number of likely N-dealkylation sites (tertiary alicyclic amines) is 1. The van der Waals surface area contributed by atoms with Gasteiger partial charge in [-0.25, -0.2) is 0 Å². The molecule has 3 atom stereocenters. The molecule has 0 spiro atoms. The SMILES string of the molecule is CN1CC2C(/C=N/[S+]([O-])C(C)(C)C)C2C1. The first-order valence-corrected chi connectivity index (χ1v) is 6.65. The molecule has 2 rings (SSSR count). The Hall–Kier alpha value is -0.0600. The third-order valence-corrected chi connectivity index (χ3v) is 4.66. The lowest BCUT2D eigenvalue weighted by Crippen LogP contribution is -2.26. The minimum Gasteiger partial charge on any atom is -0.591 e. The molecule has 0 amide bonds. The van der Waals surface area contributed by atoms with Crippen LogP contribution in [0.3, 0.4) is 0 Å². The minimum atomic E-state index is -1.08. The van der Waals surface area contributed by atoms with Gasteiger partial charge in [0, 0.05) is 19.0 Å². The molecule has 0 aromatic carbocycles. The quantitative estimate of drug-likeness (QED) is 0.528. The lowest BCUT2D eigenvalue weighted by atomic mass is 10.3. The third-order valence-electron chi connectivity index (χ3n) is 3.30. The van der Waals surface area contributed by atoms with E-state index in [9.17, 15) is 4.55 Å². The lowest BCUT2D eigenvalue weighted by Gasteiger charge is -2.18. The Morgan fingerprint density at radius 1 is 1.33 bits per heavy atom. The van der Waals surface area contributed by atoms with E-state index in [0.717, 1.165) is 11.8 Å². The Kier molecular flexibility index (Phi) is 2.86. The van der Waals surface area contributed by atoms with E-state index in [1.165, 1.54) is 13.1 Å². The van der Waals surface area contributed by atoms with E-state index in [2.05, 4.69) is 16.3 Å². The maximum atomic E-state index is 11.7. The predicted molar refractivity (Wildman–Crippen MR) is 64.4 cm³/mol. The zero-order valence-electron chi connectivity index (χ0n) is 9.93. The van der Waals surface area contributed by atoms with E-state index in [1.807, 2.05) is 27.0 Å². The van der Waals surface area contributed by atoms with Crippen molar-refractivity contribution >= 4 is 17.6 Å². The highest BCUT2D eigenvalue weighted by Crippen LogP contribution is 2.50. The smallest absolute Gasteiger partial charge is 0.144 e. The number of nitrogens with zero attached hydrogens (tertiary/aromatic N) is 2. The van der Waals surface area contributed by atoms with E-state index in [4.69, 9.17) is 0 Å². The van der Waals surface area contributed by atoms with E-state index in [1.54, 1.807) is 0 Å². The standard InChI is InChI=1S/C11H20N2OS/c1-11(2,3)15(14)12-5-8-9-6-13(4)7-10(8)9/h5,8-10H,6-7H2,1-4H3/b12-5+. The maximum absolute atomic E-state index is 11.7. The van der Waals surface area contributed by atoms with Gasteiger partial charge in [0.25, 0.3) is 0 Å². The van der Waals surface area contributed by atoms with Crippen molar-refractivity contribution in [3.8, 4) is 0 Å². The molecule has 1 aliphatic heterocycles. The van der Waals surface area contributed by atoms with Crippen LogP contribution in [-0.2, 0) is 11.4 Å². The van der Waals surface area contributed by atoms with Crippen molar-refractivity contribution in [2.75, 3.05) is 20.1 Å². The van der Waals surface area contributed by atoms with Crippen molar-refractivity contribution in [1.82, 2.24) is 4.90 Å².